The number of carbonyl (C=O) groups excluding carboxylic acids is 2. The van der Waals surface area contributed by atoms with Crippen molar-refractivity contribution in [2.75, 3.05) is 18.8 Å². The fraction of sp³-hybridized carbons (Fsp3) is 0.522. The van der Waals surface area contributed by atoms with Gasteiger partial charge in [0.1, 0.15) is 0 Å². The maximum Gasteiger partial charge on any atom is 0.262 e. The number of hydrogen-bond donors (Lipinski definition) is 2. The molecule has 10 heteroatoms. The molecule has 178 valence electrons. The van der Waals surface area contributed by atoms with Gasteiger partial charge in [-0.15, -0.1) is 10.2 Å². The van der Waals surface area contributed by atoms with Crippen LogP contribution in [-0.2, 0) is 16.1 Å². The van der Waals surface area contributed by atoms with E-state index in [-0.39, 0.29) is 36.1 Å². The third-order valence-electron chi connectivity index (χ3n) is 5.12. The van der Waals surface area contributed by atoms with Gasteiger partial charge < -0.3 is 10.6 Å². The summed E-state index contributed by atoms with van der Waals surface area (Å²) in [6.07, 6.45) is 1.08. The minimum atomic E-state index is -0.217. The highest BCUT2D eigenvalue weighted by Crippen LogP contribution is 2.21. The Morgan fingerprint density at radius 2 is 1.79 bits per heavy atom. The highest BCUT2D eigenvalue weighted by atomic mass is 32.2. The Bertz CT molecular complexity index is 1180. The Kier molecular flexibility index (Phi) is 8.49. The molecule has 2 aromatic heterocycles. The monoisotopic (exact) mass is 472 g/mol. The van der Waals surface area contributed by atoms with Gasteiger partial charge in [0.15, 0.2) is 5.16 Å². The van der Waals surface area contributed by atoms with E-state index in [9.17, 15) is 14.4 Å². The van der Waals surface area contributed by atoms with Crippen molar-refractivity contribution in [1.82, 2.24) is 29.8 Å². The standard InChI is InChI=1S/C23H32N6O3S/c1-15(2)9-11-24-20(31)14-33-23-27-26-22-28(12-10-19(30)25-13-16(3)4)21(32)17-7-5-6-8-18(17)29(22)23/h5-8,15-16H,9-14H2,1-4H3,(H,24,31)(H,25,30). The number of rotatable bonds is 11. The molecule has 2 N–H and O–H groups in total. The molecule has 0 unspecified atom stereocenters. The number of para-hydroxylation sites is 1. The molecule has 2 amide bonds. The smallest absolute Gasteiger partial charge is 0.262 e. The van der Waals surface area contributed by atoms with Crippen molar-refractivity contribution in [2.24, 2.45) is 11.8 Å². The van der Waals surface area contributed by atoms with Crippen LogP contribution in [0.15, 0.2) is 34.2 Å². The fourth-order valence-corrected chi connectivity index (χ4v) is 4.10. The van der Waals surface area contributed by atoms with Crippen LogP contribution in [0.4, 0.5) is 0 Å². The van der Waals surface area contributed by atoms with Crippen LogP contribution in [0.5, 0.6) is 0 Å². The first-order valence-electron chi connectivity index (χ1n) is 11.3. The largest absolute Gasteiger partial charge is 0.356 e. The van der Waals surface area contributed by atoms with Crippen LogP contribution in [0, 0.1) is 11.8 Å². The molecule has 9 nitrogen and oxygen atoms in total. The molecule has 0 saturated carbocycles. The number of aryl methyl sites for hydroxylation is 1. The van der Waals surface area contributed by atoms with Crippen LogP contribution < -0.4 is 16.2 Å². The summed E-state index contributed by atoms with van der Waals surface area (Å²) in [6.45, 7) is 9.69. The Morgan fingerprint density at radius 1 is 1.03 bits per heavy atom. The van der Waals surface area contributed by atoms with E-state index in [1.165, 1.54) is 16.3 Å². The lowest BCUT2D eigenvalue weighted by molar-refractivity contribution is -0.121. The van der Waals surface area contributed by atoms with Gasteiger partial charge >= 0.3 is 0 Å². The predicted molar refractivity (Wildman–Crippen MR) is 130 cm³/mol. The van der Waals surface area contributed by atoms with Gasteiger partial charge in [0.2, 0.25) is 17.6 Å². The number of carbonyl (C=O) groups is 2. The number of amides is 2. The number of aromatic nitrogens is 4. The van der Waals surface area contributed by atoms with Crippen LogP contribution in [0.3, 0.4) is 0 Å². The molecule has 0 fully saturated rings. The Morgan fingerprint density at radius 3 is 2.52 bits per heavy atom. The number of nitrogens with zero attached hydrogens (tertiary/aromatic N) is 4. The summed E-state index contributed by atoms with van der Waals surface area (Å²) >= 11 is 1.27. The van der Waals surface area contributed by atoms with Gasteiger partial charge in [0.25, 0.3) is 5.56 Å². The number of thioether (sulfide) groups is 1. The van der Waals surface area contributed by atoms with Crippen molar-refractivity contribution in [1.29, 1.82) is 0 Å². The third-order valence-corrected chi connectivity index (χ3v) is 6.05. The second-order valence-electron chi connectivity index (χ2n) is 8.86. The zero-order valence-electron chi connectivity index (χ0n) is 19.6. The lowest BCUT2D eigenvalue weighted by Crippen LogP contribution is -2.30. The molecule has 0 atom stereocenters. The van der Waals surface area contributed by atoms with E-state index in [4.69, 9.17) is 0 Å². The van der Waals surface area contributed by atoms with Crippen LogP contribution in [0.2, 0.25) is 0 Å². The number of benzene rings is 1. The average molecular weight is 473 g/mol. The predicted octanol–water partition coefficient (Wildman–Crippen LogP) is 2.46. The Hall–Kier alpha value is -2.88. The minimum Gasteiger partial charge on any atom is -0.356 e. The molecule has 0 aliphatic rings. The highest BCUT2D eigenvalue weighted by molar-refractivity contribution is 7.99. The zero-order chi connectivity index (χ0) is 24.0. The topological polar surface area (TPSA) is 110 Å². The molecule has 3 aromatic rings. The molecule has 0 aliphatic carbocycles. The SMILES string of the molecule is CC(C)CCNC(=O)CSc1nnc2n(CCC(=O)NCC(C)C)c(=O)c3ccccc3n12. The van der Waals surface area contributed by atoms with Crippen molar-refractivity contribution in [3.8, 4) is 0 Å². The molecular weight excluding hydrogens is 440 g/mol. The zero-order valence-corrected chi connectivity index (χ0v) is 20.4. The van der Waals surface area contributed by atoms with E-state index in [1.54, 1.807) is 16.5 Å². The van der Waals surface area contributed by atoms with E-state index >= 15 is 0 Å². The Balaban J connectivity index is 1.85. The number of hydrogen-bond acceptors (Lipinski definition) is 6. The second kappa shape index (κ2) is 11.3. The summed E-state index contributed by atoms with van der Waals surface area (Å²) in [5, 5.41) is 15.3. The normalized spacial score (nSPS) is 11.6. The lowest BCUT2D eigenvalue weighted by Gasteiger charge is -2.12. The van der Waals surface area contributed by atoms with Gasteiger partial charge in [-0.25, -0.2) is 0 Å². The van der Waals surface area contributed by atoms with E-state index in [1.807, 2.05) is 26.0 Å². The number of fused-ring (bicyclic) bond motifs is 3. The number of nitrogens with one attached hydrogen (secondary N) is 2. The fourth-order valence-electron chi connectivity index (χ4n) is 3.33. The van der Waals surface area contributed by atoms with Crippen molar-refractivity contribution < 1.29 is 9.59 Å². The summed E-state index contributed by atoms with van der Waals surface area (Å²) in [5.74, 6) is 1.24. The first-order valence-corrected chi connectivity index (χ1v) is 12.3. The molecule has 2 heterocycles. The molecule has 1 aromatic carbocycles. The average Bonchev–Trinajstić information content (AvgIpc) is 3.20. The van der Waals surface area contributed by atoms with Crippen molar-refractivity contribution in [3.63, 3.8) is 0 Å². The Labute approximate surface area is 197 Å². The van der Waals surface area contributed by atoms with Gasteiger partial charge in [0, 0.05) is 26.1 Å². The molecule has 0 bridgehead atoms. The quantitative estimate of drug-likeness (QED) is 0.415. The minimum absolute atomic E-state index is 0.0724. The maximum atomic E-state index is 13.1. The third kappa shape index (κ3) is 6.34. The van der Waals surface area contributed by atoms with E-state index in [2.05, 4.69) is 34.7 Å². The van der Waals surface area contributed by atoms with Crippen LogP contribution in [0.25, 0.3) is 16.7 Å². The molecule has 3 rings (SSSR count). The van der Waals surface area contributed by atoms with Crippen molar-refractivity contribution in [2.45, 2.75) is 52.2 Å². The molecule has 0 aliphatic heterocycles. The van der Waals surface area contributed by atoms with Crippen LogP contribution in [0.1, 0.15) is 40.5 Å². The first-order chi connectivity index (χ1) is 15.8. The van der Waals surface area contributed by atoms with Crippen molar-refractivity contribution in [3.05, 3.63) is 34.6 Å². The summed E-state index contributed by atoms with van der Waals surface area (Å²) in [4.78, 5) is 37.6. The van der Waals surface area contributed by atoms with E-state index in [0.717, 1.165) is 6.42 Å². The summed E-state index contributed by atoms with van der Waals surface area (Å²) in [5.41, 5.74) is 0.455. The molecule has 0 spiro atoms. The van der Waals surface area contributed by atoms with Gasteiger partial charge in [-0.2, -0.15) is 0 Å². The van der Waals surface area contributed by atoms with Gasteiger partial charge in [0.05, 0.1) is 16.7 Å². The molecule has 33 heavy (non-hydrogen) atoms. The van der Waals surface area contributed by atoms with Crippen LogP contribution in [-0.4, -0.2) is 49.8 Å². The summed E-state index contributed by atoms with van der Waals surface area (Å²) in [6, 6.07) is 7.23. The molecule has 0 radical (unpaired) electrons. The second-order valence-corrected chi connectivity index (χ2v) is 9.80. The van der Waals surface area contributed by atoms with E-state index in [0.29, 0.717) is 46.8 Å². The summed E-state index contributed by atoms with van der Waals surface area (Å²) in [7, 11) is 0. The van der Waals surface area contributed by atoms with Crippen LogP contribution >= 0.6 is 11.8 Å². The highest BCUT2D eigenvalue weighted by Gasteiger charge is 2.18. The maximum absolute atomic E-state index is 13.1. The molecule has 0 saturated heterocycles. The first kappa shape index (κ1) is 24.8. The van der Waals surface area contributed by atoms with Gasteiger partial charge in [-0.3, -0.25) is 23.4 Å². The summed E-state index contributed by atoms with van der Waals surface area (Å²) < 4.78 is 3.27. The van der Waals surface area contributed by atoms with Gasteiger partial charge in [-0.05, 0) is 30.4 Å². The van der Waals surface area contributed by atoms with Crippen molar-refractivity contribution >= 4 is 40.3 Å². The lowest BCUT2D eigenvalue weighted by atomic mass is 10.1. The van der Waals surface area contributed by atoms with Gasteiger partial charge in [-0.1, -0.05) is 51.6 Å². The molecular formula is C23H32N6O3S. The van der Waals surface area contributed by atoms with E-state index < -0.39 is 0 Å².